The van der Waals surface area contributed by atoms with Gasteiger partial charge in [-0.25, -0.2) is 0 Å². The summed E-state index contributed by atoms with van der Waals surface area (Å²) < 4.78 is 4.94. The molecule has 1 rings (SSSR count). The summed E-state index contributed by atoms with van der Waals surface area (Å²) in [5, 5.41) is 6.26. The lowest BCUT2D eigenvalue weighted by Gasteiger charge is -2.36. The van der Waals surface area contributed by atoms with E-state index in [0.717, 1.165) is 25.9 Å². The van der Waals surface area contributed by atoms with E-state index in [4.69, 9.17) is 4.74 Å². The van der Waals surface area contributed by atoms with Gasteiger partial charge in [-0.15, -0.1) is 0 Å². The van der Waals surface area contributed by atoms with Gasteiger partial charge < -0.3 is 15.4 Å². The first kappa shape index (κ1) is 15.4. The predicted octanol–water partition coefficient (Wildman–Crippen LogP) is 0.0689. The number of likely N-dealkylation sites (tertiary alicyclic amines) is 1. The fourth-order valence-electron chi connectivity index (χ4n) is 2.51. The van der Waals surface area contributed by atoms with E-state index in [1.54, 1.807) is 7.11 Å². The van der Waals surface area contributed by atoms with Gasteiger partial charge in [0.2, 0.25) is 5.91 Å². The number of piperidine rings is 1. The highest BCUT2D eigenvalue weighted by Crippen LogP contribution is 2.15. The first-order valence-corrected chi connectivity index (χ1v) is 6.82. The van der Waals surface area contributed by atoms with Crippen molar-refractivity contribution in [2.24, 2.45) is 5.92 Å². The third-order valence-electron chi connectivity index (χ3n) is 3.57. The highest BCUT2D eigenvalue weighted by Gasteiger charge is 2.25. The Kier molecular flexibility index (Phi) is 7.23. The fourth-order valence-corrected chi connectivity index (χ4v) is 2.51. The maximum atomic E-state index is 11.7. The van der Waals surface area contributed by atoms with Gasteiger partial charge in [0, 0.05) is 39.4 Å². The zero-order valence-corrected chi connectivity index (χ0v) is 11.9. The summed E-state index contributed by atoms with van der Waals surface area (Å²) in [6.07, 6.45) is 2.00. The first-order valence-electron chi connectivity index (χ1n) is 6.82. The number of rotatable bonds is 7. The molecule has 1 fully saturated rings. The van der Waals surface area contributed by atoms with Crippen LogP contribution in [0.4, 0.5) is 0 Å². The summed E-state index contributed by atoms with van der Waals surface area (Å²) in [4.78, 5) is 14.0. The third kappa shape index (κ3) is 5.33. The summed E-state index contributed by atoms with van der Waals surface area (Å²) in [6, 6.07) is 0.589. The number of carbonyl (C=O) groups excluding carboxylic acids is 1. The van der Waals surface area contributed by atoms with Crippen molar-refractivity contribution in [3.05, 3.63) is 0 Å². The van der Waals surface area contributed by atoms with Crippen LogP contribution in [0, 0.1) is 5.92 Å². The summed E-state index contributed by atoms with van der Waals surface area (Å²) in [7, 11) is 3.69. The molecule has 0 aromatic rings. The van der Waals surface area contributed by atoms with E-state index >= 15 is 0 Å². The second-order valence-electron chi connectivity index (χ2n) is 5.09. The van der Waals surface area contributed by atoms with Crippen LogP contribution in [0.1, 0.15) is 19.8 Å². The van der Waals surface area contributed by atoms with Crippen molar-refractivity contribution in [3.8, 4) is 0 Å². The maximum absolute atomic E-state index is 11.7. The van der Waals surface area contributed by atoms with Gasteiger partial charge in [0.25, 0.3) is 0 Å². The van der Waals surface area contributed by atoms with E-state index in [-0.39, 0.29) is 5.91 Å². The first-order chi connectivity index (χ1) is 8.67. The molecule has 0 aliphatic carbocycles. The Hall–Kier alpha value is -0.650. The zero-order valence-electron chi connectivity index (χ0n) is 11.9. The molecule has 5 heteroatoms. The van der Waals surface area contributed by atoms with Crippen molar-refractivity contribution in [1.29, 1.82) is 0 Å². The topological polar surface area (TPSA) is 53.6 Å². The highest BCUT2D eigenvalue weighted by molar-refractivity contribution is 5.77. The number of nitrogens with zero attached hydrogens (tertiary/aromatic N) is 1. The van der Waals surface area contributed by atoms with Crippen molar-refractivity contribution in [1.82, 2.24) is 15.5 Å². The van der Waals surface area contributed by atoms with E-state index < -0.39 is 0 Å². The number of amides is 1. The molecule has 1 aliphatic heterocycles. The average molecular weight is 257 g/mol. The van der Waals surface area contributed by atoms with Crippen LogP contribution >= 0.6 is 0 Å². The molecule has 0 aromatic carbocycles. The quantitative estimate of drug-likeness (QED) is 0.634. The largest absolute Gasteiger partial charge is 0.385 e. The Morgan fingerprint density at radius 3 is 2.89 bits per heavy atom. The van der Waals surface area contributed by atoms with Gasteiger partial charge in [-0.1, -0.05) is 6.92 Å². The lowest BCUT2D eigenvalue weighted by molar-refractivity contribution is -0.122. The number of nitrogens with one attached hydrogen (secondary N) is 2. The van der Waals surface area contributed by atoms with Crippen LogP contribution in [0.3, 0.4) is 0 Å². The molecule has 0 aromatic heterocycles. The van der Waals surface area contributed by atoms with Gasteiger partial charge >= 0.3 is 0 Å². The molecule has 2 unspecified atom stereocenters. The second-order valence-corrected chi connectivity index (χ2v) is 5.09. The number of methoxy groups -OCH3 is 1. The molecular formula is C13H27N3O2. The second kappa shape index (κ2) is 8.45. The van der Waals surface area contributed by atoms with Crippen molar-refractivity contribution < 1.29 is 9.53 Å². The van der Waals surface area contributed by atoms with Gasteiger partial charge in [0.05, 0.1) is 6.54 Å². The molecule has 1 saturated heterocycles. The summed E-state index contributed by atoms with van der Waals surface area (Å²) in [5.74, 6) is 0.728. The molecule has 0 bridgehead atoms. The van der Waals surface area contributed by atoms with Gasteiger partial charge in [-0.3, -0.25) is 9.69 Å². The van der Waals surface area contributed by atoms with Crippen LogP contribution in [0.25, 0.3) is 0 Å². The Balaban J connectivity index is 2.17. The predicted molar refractivity (Wildman–Crippen MR) is 72.6 cm³/mol. The lowest BCUT2D eigenvalue weighted by atomic mass is 9.94. The number of hydrogen-bond acceptors (Lipinski definition) is 4. The third-order valence-corrected chi connectivity index (χ3v) is 3.57. The SMILES string of the molecule is CNC1CCN(CC(=O)NCCCOC)CC1C. The van der Waals surface area contributed by atoms with Crippen LogP contribution in [-0.4, -0.2) is 63.8 Å². The van der Waals surface area contributed by atoms with E-state index in [9.17, 15) is 4.79 Å². The molecule has 106 valence electrons. The summed E-state index contributed by atoms with van der Waals surface area (Å²) in [5.41, 5.74) is 0. The molecule has 1 aliphatic rings. The van der Waals surface area contributed by atoms with Crippen LogP contribution in [0.15, 0.2) is 0 Å². The monoisotopic (exact) mass is 257 g/mol. The maximum Gasteiger partial charge on any atom is 0.234 e. The molecule has 0 spiro atoms. The van der Waals surface area contributed by atoms with E-state index in [2.05, 4.69) is 22.5 Å². The van der Waals surface area contributed by atoms with Crippen LogP contribution < -0.4 is 10.6 Å². The van der Waals surface area contributed by atoms with E-state index in [1.807, 2.05) is 7.05 Å². The number of hydrogen-bond donors (Lipinski definition) is 2. The molecular weight excluding hydrogens is 230 g/mol. The molecule has 0 saturated carbocycles. The standard InChI is InChI=1S/C13H27N3O2/c1-11-9-16(7-5-12(11)14-2)10-13(17)15-6-4-8-18-3/h11-12,14H,4-10H2,1-3H3,(H,15,17). The van der Waals surface area contributed by atoms with Crippen LogP contribution in [0.5, 0.6) is 0 Å². The smallest absolute Gasteiger partial charge is 0.234 e. The van der Waals surface area contributed by atoms with Crippen molar-refractivity contribution in [3.63, 3.8) is 0 Å². The Labute approximate surface area is 110 Å². The van der Waals surface area contributed by atoms with Crippen molar-refractivity contribution in [2.75, 3.05) is 46.9 Å². The molecule has 2 atom stereocenters. The van der Waals surface area contributed by atoms with E-state index in [0.29, 0.717) is 31.7 Å². The number of carbonyl (C=O) groups is 1. The molecule has 1 amide bonds. The highest BCUT2D eigenvalue weighted by atomic mass is 16.5. The minimum Gasteiger partial charge on any atom is -0.385 e. The van der Waals surface area contributed by atoms with Gasteiger partial charge in [0.15, 0.2) is 0 Å². The van der Waals surface area contributed by atoms with Crippen LogP contribution in [-0.2, 0) is 9.53 Å². The van der Waals surface area contributed by atoms with Crippen molar-refractivity contribution in [2.45, 2.75) is 25.8 Å². The summed E-state index contributed by atoms with van der Waals surface area (Å²) in [6.45, 7) is 6.16. The van der Waals surface area contributed by atoms with E-state index in [1.165, 1.54) is 0 Å². The molecule has 0 radical (unpaired) electrons. The average Bonchev–Trinajstić information content (AvgIpc) is 2.35. The lowest BCUT2D eigenvalue weighted by Crippen LogP contribution is -2.49. The van der Waals surface area contributed by atoms with Crippen LogP contribution in [0.2, 0.25) is 0 Å². The molecule has 18 heavy (non-hydrogen) atoms. The fraction of sp³-hybridized carbons (Fsp3) is 0.923. The molecule has 2 N–H and O–H groups in total. The van der Waals surface area contributed by atoms with Gasteiger partial charge in [-0.2, -0.15) is 0 Å². The molecule has 5 nitrogen and oxygen atoms in total. The molecule has 1 heterocycles. The van der Waals surface area contributed by atoms with Gasteiger partial charge in [-0.05, 0) is 25.8 Å². The zero-order chi connectivity index (χ0) is 13.4. The Morgan fingerprint density at radius 1 is 1.50 bits per heavy atom. The van der Waals surface area contributed by atoms with Crippen molar-refractivity contribution >= 4 is 5.91 Å². The Bertz CT molecular complexity index is 248. The Morgan fingerprint density at radius 2 is 2.28 bits per heavy atom. The van der Waals surface area contributed by atoms with Gasteiger partial charge in [0.1, 0.15) is 0 Å². The minimum absolute atomic E-state index is 0.126. The summed E-state index contributed by atoms with van der Waals surface area (Å²) >= 11 is 0. The normalized spacial score (nSPS) is 25.1. The number of ether oxygens (including phenoxy) is 1. The minimum atomic E-state index is 0.126.